The highest BCUT2D eigenvalue weighted by molar-refractivity contribution is 8.00. The number of methoxy groups -OCH3 is 1. The molecule has 0 bridgehead atoms. The summed E-state index contributed by atoms with van der Waals surface area (Å²) < 4.78 is 24.0. The summed E-state index contributed by atoms with van der Waals surface area (Å²) in [5, 5.41) is 0. The average Bonchev–Trinajstić information content (AvgIpc) is 3.89. The van der Waals surface area contributed by atoms with Crippen LogP contribution >= 0.6 is 11.8 Å². The summed E-state index contributed by atoms with van der Waals surface area (Å²) in [5.74, 6) is -0.375. The van der Waals surface area contributed by atoms with Gasteiger partial charge in [0.15, 0.2) is 5.78 Å². The second-order valence-electron chi connectivity index (χ2n) is 13.2. The van der Waals surface area contributed by atoms with Crippen molar-refractivity contribution in [2.24, 2.45) is 11.8 Å². The van der Waals surface area contributed by atoms with E-state index in [0.717, 1.165) is 23.3 Å². The Labute approximate surface area is 266 Å². The molecule has 2 saturated heterocycles. The molecule has 0 amide bonds. The Bertz CT molecular complexity index is 1230. The molecule has 6 atom stereocenters. The van der Waals surface area contributed by atoms with Crippen molar-refractivity contribution in [2.45, 2.75) is 120 Å². The topological polar surface area (TPSA) is 112 Å². The molecule has 3 aliphatic rings. The predicted molar refractivity (Wildman–Crippen MR) is 169 cm³/mol. The summed E-state index contributed by atoms with van der Waals surface area (Å²) in [6.45, 7) is 10.6. The molecule has 0 N–H and O–H groups in total. The zero-order valence-electron chi connectivity index (χ0n) is 27.0. The van der Waals surface area contributed by atoms with E-state index in [4.69, 9.17) is 18.9 Å². The first-order valence-corrected chi connectivity index (χ1v) is 16.8. The smallest absolute Gasteiger partial charge is 0.313 e. The van der Waals surface area contributed by atoms with Crippen LogP contribution in [0.2, 0.25) is 0 Å². The molecule has 1 saturated carbocycles. The Hall–Kier alpha value is -2.33. The summed E-state index contributed by atoms with van der Waals surface area (Å²) in [5.41, 5.74) is 1.42. The SMILES string of the molecule is CO[C@@H]1[C@H](OC(=O)CC(=O)CSc2ccc(CC(=O)CCCC(=O)C(C)C)cc2)CC[C@]2(CO2)[C@H]1[C@]1(C)O[C@@H]1CC=C(C)C. The quantitative estimate of drug-likeness (QED) is 0.0688. The highest BCUT2D eigenvalue weighted by Gasteiger charge is 2.72. The Morgan fingerprint density at radius 3 is 2.41 bits per heavy atom. The number of ether oxygens (including phenoxy) is 4. The minimum atomic E-state index is -0.541. The Morgan fingerprint density at radius 1 is 1.09 bits per heavy atom. The molecule has 4 rings (SSSR count). The number of carbonyl (C=O) groups excluding carboxylic acids is 4. The third-order valence-corrected chi connectivity index (χ3v) is 10.2. The lowest BCUT2D eigenvalue weighted by Crippen LogP contribution is -2.55. The molecule has 9 heteroatoms. The van der Waals surface area contributed by atoms with Crippen LogP contribution in [0.3, 0.4) is 0 Å². The fourth-order valence-electron chi connectivity index (χ4n) is 6.42. The highest BCUT2D eigenvalue weighted by atomic mass is 32.2. The van der Waals surface area contributed by atoms with Gasteiger partial charge in [0.05, 0.1) is 24.4 Å². The van der Waals surface area contributed by atoms with Crippen molar-refractivity contribution in [2.75, 3.05) is 19.5 Å². The van der Waals surface area contributed by atoms with E-state index in [-0.39, 0.29) is 59.2 Å². The molecule has 2 heterocycles. The number of hydrogen-bond acceptors (Lipinski definition) is 9. The van der Waals surface area contributed by atoms with Crippen molar-refractivity contribution in [1.29, 1.82) is 0 Å². The molecule has 1 aromatic rings. The lowest BCUT2D eigenvalue weighted by Gasteiger charge is -2.42. The lowest BCUT2D eigenvalue weighted by atomic mass is 9.68. The third kappa shape index (κ3) is 8.89. The number of ketones is 3. The number of carbonyl (C=O) groups is 4. The first-order chi connectivity index (χ1) is 20.9. The van der Waals surface area contributed by atoms with Crippen molar-refractivity contribution in [3.05, 3.63) is 41.5 Å². The molecule has 44 heavy (non-hydrogen) atoms. The van der Waals surface area contributed by atoms with Gasteiger partial charge in [-0.05, 0) is 64.2 Å². The van der Waals surface area contributed by atoms with Crippen LogP contribution in [0.5, 0.6) is 0 Å². The van der Waals surface area contributed by atoms with E-state index >= 15 is 0 Å². The number of Topliss-reactive ketones (excluding diaryl/α,β-unsaturated/α-hetero) is 3. The van der Waals surface area contributed by atoms with Gasteiger partial charge in [-0.25, -0.2) is 0 Å². The van der Waals surface area contributed by atoms with E-state index in [9.17, 15) is 19.2 Å². The summed E-state index contributed by atoms with van der Waals surface area (Å²) >= 11 is 1.35. The fourth-order valence-corrected chi connectivity index (χ4v) is 7.18. The van der Waals surface area contributed by atoms with Gasteiger partial charge in [0, 0.05) is 37.2 Å². The number of hydrogen-bond donors (Lipinski definition) is 0. The van der Waals surface area contributed by atoms with Gasteiger partial charge in [0.2, 0.25) is 0 Å². The van der Waals surface area contributed by atoms with Gasteiger partial charge in [0.25, 0.3) is 0 Å². The van der Waals surface area contributed by atoms with Gasteiger partial charge in [-0.1, -0.05) is 37.6 Å². The second-order valence-corrected chi connectivity index (χ2v) is 14.3. The van der Waals surface area contributed by atoms with Gasteiger partial charge in [0.1, 0.15) is 41.4 Å². The zero-order valence-corrected chi connectivity index (χ0v) is 27.8. The van der Waals surface area contributed by atoms with Crippen molar-refractivity contribution < 1.29 is 38.1 Å². The molecule has 3 fully saturated rings. The Morgan fingerprint density at radius 2 is 1.80 bits per heavy atom. The lowest BCUT2D eigenvalue weighted by molar-refractivity contribution is -0.172. The second kappa shape index (κ2) is 14.8. The first-order valence-electron chi connectivity index (χ1n) is 15.8. The number of epoxide rings is 2. The van der Waals surface area contributed by atoms with E-state index in [1.54, 1.807) is 7.11 Å². The minimum Gasteiger partial charge on any atom is -0.459 e. The van der Waals surface area contributed by atoms with Crippen molar-refractivity contribution >= 4 is 35.1 Å². The van der Waals surface area contributed by atoms with Crippen LogP contribution in [-0.4, -0.2) is 72.3 Å². The molecule has 242 valence electrons. The summed E-state index contributed by atoms with van der Waals surface area (Å²) in [4.78, 5) is 50.4. The zero-order chi connectivity index (χ0) is 32.1. The molecule has 1 spiro atoms. The van der Waals surface area contributed by atoms with Gasteiger partial charge in [-0.15, -0.1) is 11.8 Å². The maximum atomic E-state index is 12.8. The minimum absolute atomic E-state index is 0.00280. The van der Waals surface area contributed by atoms with Crippen LogP contribution in [-0.2, 0) is 44.5 Å². The molecule has 8 nitrogen and oxygen atoms in total. The first kappa shape index (κ1) is 34.5. The van der Waals surface area contributed by atoms with Crippen molar-refractivity contribution in [3.8, 4) is 0 Å². The van der Waals surface area contributed by atoms with Gasteiger partial charge in [-0.3, -0.25) is 19.2 Å². The largest absolute Gasteiger partial charge is 0.459 e. The average molecular weight is 629 g/mol. The predicted octanol–water partition coefficient (Wildman–Crippen LogP) is 5.86. The number of thioether (sulfide) groups is 1. The maximum absolute atomic E-state index is 12.8. The van der Waals surface area contributed by atoms with E-state index in [0.29, 0.717) is 38.7 Å². The summed E-state index contributed by atoms with van der Waals surface area (Å²) in [6.07, 6.45) is 5.03. The molecule has 1 aromatic carbocycles. The summed E-state index contributed by atoms with van der Waals surface area (Å²) in [6, 6.07) is 7.53. The van der Waals surface area contributed by atoms with Gasteiger partial charge < -0.3 is 18.9 Å². The monoisotopic (exact) mass is 628 g/mol. The fraction of sp³-hybridized carbons (Fsp3) is 0.657. The number of benzene rings is 1. The molecule has 0 radical (unpaired) electrons. The Kier molecular flexibility index (Phi) is 11.7. The van der Waals surface area contributed by atoms with Crippen LogP contribution in [0.25, 0.3) is 0 Å². The van der Waals surface area contributed by atoms with E-state index < -0.39 is 17.7 Å². The van der Waals surface area contributed by atoms with Gasteiger partial charge >= 0.3 is 5.97 Å². The number of allylic oxidation sites excluding steroid dienone is 1. The number of rotatable bonds is 17. The molecular weight excluding hydrogens is 580 g/mol. The van der Waals surface area contributed by atoms with Crippen LogP contribution in [0.15, 0.2) is 40.8 Å². The molecule has 0 aromatic heterocycles. The molecule has 0 unspecified atom stereocenters. The normalized spacial score (nSPS) is 28.9. The van der Waals surface area contributed by atoms with Crippen molar-refractivity contribution in [1.82, 2.24) is 0 Å². The van der Waals surface area contributed by atoms with Crippen LogP contribution in [0, 0.1) is 11.8 Å². The highest BCUT2D eigenvalue weighted by Crippen LogP contribution is 2.59. The molecule has 1 aliphatic carbocycles. The van der Waals surface area contributed by atoms with E-state index in [1.165, 1.54) is 17.3 Å². The van der Waals surface area contributed by atoms with Crippen LogP contribution < -0.4 is 0 Å². The maximum Gasteiger partial charge on any atom is 0.313 e. The Balaban J connectivity index is 1.22. The van der Waals surface area contributed by atoms with Gasteiger partial charge in [-0.2, -0.15) is 0 Å². The van der Waals surface area contributed by atoms with Crippen LogP contribution in [0.4, 0.5) is 0 Å². The number of esters is 1. The third-order valence-electron chi connectivity index (χ3n) is 9.11. The summed E-state index contributed by atoms with van der Waals surface area (Å²) in [7, 11) is 1.63. The van der Waals surface area contributed by atoms with Crippen LogP contribution in [0.1, 0.15) is 85.1 Å². The molecular formula is C35H48O8S. The standard InChI is InChI=1S/C35H48O8S/c1-22(2)10-15-30-34(5,43-30)33-32(40-6)29(16-17-35(33)21-41-35)42-31(39)19-26(37)20-44-27-13-11-24(12-14-27)18-25(36)8-7-9-28(38)23(3)4/h10-14,23,29-30,32-33H,7-9,15-21H2,1-6H3/t29-,30-,32-,33-,34-,35+/m1/s1. The van der Waals surface area contributed by atoms with Crippen molar-refractivity contribution in [3.63, 3.8) is 0 Å². The van der Waals surface area contributed by atoms with E-state index in [1.807, 2.05) is 38.1 Å². The molecule has 2 aliphatic heterocycles. The van der Waals surface area contributed by atoms with E-state index in [2.05, 4.69) is 26.8 Å².